The summed E-state index contributed by atoms with van der Waals surface area (Å²) in [6.07, 6.45) is -0.646. The van der Waals surface area contributed by atoms with E-state index in [4.69, 9.17) is 39.5 Å². The molecular formula is C23H22Cl3F2N3O4. The normalized spacial score (nSPS) is 16.9. The lowest BCUT2D eigenvalue weighted by atomic mass is 10.1. The van der Waals surface area contributed by atoms with Crippen molar-refractivity contribution in [2.75, 3.05) is 29.2 Å². The zero-order valence-electron chi connectivity index (χ0n) is 18.9. The van der Waals surface area contributed by atoms with E-state index in [0.717, 1.165) is 17.0 Å². The molecule has 2 atom stereocenters. The van der Waals surface area contributed by atoms with Crippen molar-refractivity contribution in [2.45, 2.75) is 30.7 Å². The number of halogens is 5. The number of benzene rings is 2. The number of nitrogens with zero attached hydrogens (tertiary/aromatic N) is 1. The zero-order valence-corrected chi connectivity index (χ0v) is 21.2. The third-order valence-electron chi connectivity index (χ3n) is 5.38. The molecule has 2 unspecified atom stereocenters. The van der Waals surface area contributed by atoms with Gasteiger partial charge in [0.1, 0.15) is 21.9 Å². The minimum atomic E-state index is -1.16. The van der Waals surface area contributed by atoms with Gasteiger partial charge in [-0.15, -0.1) is 23.2 Å². The van der Waals surface area contributed by atoms with Crippen molar-refractivity contribution in [1.29, 1.82) is 0 Å². The number of carbonyl (C=O) groups excluding carboxylic acids is 3. The number of rotatable bonds is 8. The van der Waals surface area contributed by atoms with Gasteiger partial charge < -0.3 is 20.3 Å². The van der Waals surface area contributed by atoms with Gasteiger partial charge >= 0.3 is 0 Å². The molecule has 0 radical (unpaired) electrons. The van der Waals surface area contributed by atoms with Crippen molar-refractivity contribution in [3.63, 3.8) is 0 Å². The summed E-state index contributed by atoms with van der Waals surface area (Å²) in [6, 6.07) is 6.16. The largest absolute Gasteiger partial charge is 0.369 e. The van der Waals surface area contributed by atoms with Gasteiger partial charge in [0.2, 0.25) is 5.91 Å². The molecule has 1 aliphatic rings. The van der Waals surface area contributed by atoms with Crippen LogP contribution in [0.1, 0.15) is 30.6 Å². The quantitative estimate of drug-likeness (QED) is 0.433. The predicted octanol–water partition coefficient (Wildman–Crippen LogP) is 5.39. The smallest absolute Gasteiger partial charge is 0.259 e. The van der Waals surface area contributed by atoms with Crippen LogP contribution in [-0.4, -0.2) is 41.8 Å². The van der Waals surface area contributed by atoms with E-state index in [1.165, 1.54) is 32.2 Å². The molecule has 0 aromatic heterocycles. The van der Waals surface area contributed by atoms with E-state index in [1.807, 2.05) is 0 Å². The summed E-state index contributed by atoms with van der Waals surface area (Å²) in [4.78, 5) is 38.5. The average Bonchev–Trinajstić information content (AvgIpc) is 3.45. The molecule has 2 N–H and O–H groups in total. The van der Waals surface area contributed by atoms with Crippen LogP contribution in [0.2, 0.25) is 5.02 Å². The van der Waals surface area contributed by atoms with Crippen LogP contribution in [-0.2, 0) is 14.3 Å². The highest BCUT2D eigenvalue weighted by atomic mass is 35.5. The van der Waals surface area contributed by atoms with E-state index in [9.17, 15) is 18.8 Å². The molecule has 0 aliphatic heterocycles. The zero-order chi connectivity index (χ0) is 26.1. The highest BCUT2D eigenvalue weighted by Gasteiger charge is 2.56. The summed E-state index contributed by atoms with van der Waals surface area (Å²) >= 11 is 18.0. The Balaban J connectivity index is 1.84. The maximum Gasteiger partial charge on any atom is 0.259 e. The highest BCUT2D eigenvalue weighted by Crippen LogP contribution is 2.53. The van der Waals surface area contributed by atoms with Gasteiger partial charge in [-0.25, -0.2) is 8.78 Å². The van der Waals surface area contributed by atoms with Crippen molar-refractivity contribution in [2.24, 2.45) is 5.92 Å². The number of carbonyl (C=O) groups is 3. The summed E-state index contributed by atoms with van der Waals surface area (Å²) in [5.74, 6) is -4.69. The van der Waals surface area contributed by atoms with Crippen LogP contribution < -0.4 is 15.5 Å². The maximum atomic E-state index is 15.2. The first-order valence-corrected chi connectivity index (χ1v) is 11.7. The van der Waals surface area contributed by atoms with E-state index in [-0.39, 0.29) is 28.6 Å². The molecule has 0 heterocycles. The van der Waals surface area contributed by atoms with Gasteiger partial charge in [0.15, 0.2) is 5.82 Å². The van der Waals surface area contributed by atoms with E-state index in [0.29, 0.717) is 6.42 Å². The van der Waals surface area contributed by atoms with Gasteiger partial charge in [-0.3, -0.25) is 14.4 Å². The van der Waals surface area contributed by atoms with Crippen molar-refractivity contribution in [3.05, 3.63) is 52.6 Å². The second-order valence-corrected chi connectivity index (χ2v) is 9.86. The maximum absolute atomic E-state index is 15.2. The highest BCUT2D eigenvalue weighted by molar-refractivity contribution is 6.52. The lowest BCUT2D eigenvalue weighted by molar-refractivity contribution is -0.126. The van der Waals surface area contributed by atoms with Crippen LogP contribution >= 0.6 is 34.8 Å². The number of hydrogen-bond donors (Lipinski definition) is 2. The van der Waals surface area contributed by atoms with Crippen LogP contribution in [0.3, 0.4) is 0 Å². The summed E-state index contributed by atoms with van der Waals surface area (Å²) in [6.45, 7) is 3.34. The lowest BCUT2D eigenvalue weighted by Gasteiger charge is -2.21. The molecule has 2 aromatic rings. The van der Waals surface area contributed by atoms with E-state index in [1.54, 1.807) is 6.92 Å². The Morgan fingerprint density at radius 3 is 2.46 bits per heavy atom. The molecular weight excluding hydrogens is 527 g/mol. The van der Waals surface area contributed by atoms with Crippen LogP contribution in [0.4, 0.5) is 25.8 Å². The van der Waals surface area contributed by atoms with Crippen LogP contribution in [0, 0.1) is 17.6 Å². The first-order chi connectivity index (χ1) is 16.4. The fourth-order valence-corrected chi connectivity index (χ4v) is 3.95. The molecule has 12 heteroatoms. The Bertz CT molecular complexity index is 1180. The second kappa shape index (κ2) is 10.7. The van der Waals surface area contributed by atoms with Gasteiger partial charge in [-0.2, -0.15) is 0 Å². The Morgan fingerprint density at radius 2 is 1.86 bits per heavy atom. The summed E-state index contributed by atoms with van der Waals surface area (Å²) in [7, 11) is 1.26. The molecule has 1 saturated carbocycles. The molecule has 0 saturated heterocycles. The SMILES string of the molecule is CCOC(C)C(=O)Nc1c(F)ccc(N(C)C(=O)c2cc(NC(=O)C3CC3(Cl)Cl)ccc2Cl)c1F. The van der Waals surface area contributed by atoms with Gasteiger partial charge in [0.05, 0.1) is 22.2 Å². The summed E-state index contributed by atoms with van der Waals surface area (Å²) in [5, 5.41) is 4.80. The third kappa shape index (κ3) is 6.03. The summed E-state index contributed by atoms with van der Waals surface area (Å²) < 4.78 is 33.5. The Labute approximate surface area is 215 Å². The Kier molecular flexibility index (Phi) is 8.26. The molecule has 3 amide bonds. The molecule has 3 rings (SSSR count). The Hall–Kier alpha value is -2.46. The van der Waals surface area contributed by atoms with Crippen LogP contribution in [0.25, 0.3) is 0 Å². The van der Waals surface area contributed by atoms with Gasteiger partial charge in [-0.05, 0) is 50.6 Å². The van der Waals surface area contributed by atoms with Crippen molar-refractivity contribution in [3.8, 4) is 0 Å². The minimum Gasteiger partial charge on any atom is -0.369 e. The third-order valence-corrected chi connectivity index (χ3v) is 6.54. The molecule has 35 heavy (non-hydrogen) atoms. The average molecular weight is 549 g/mol. The van der Waals surface area contributed by atoms with E-state index in [2.05, 4.69) is 10.6 Å². The number of ether oxygens (including phenoxy) is 1. The standard InChI is InChI=1S/C23H22Cl3F2N3O4/c1-4-35-11(2)20(32)30-19-16(27)7-8-17(18(19)28)31(3)22(34)13-9-12(5-6-15(13)24)29-21(33)14-10-23(14,25)26/h5-9,11,14H,4,10H2,1-3H3,(H,29,33)(H,30,32). The Morgan fingerprint density at radius 1 is 1.20 bits per heavy atom. The fourth-order valence-electron chi connectivity index (χ4n) is 3.25. The summed E-state index contributed by atoms with van der Waals surface area (Å²) in [5.41, 5.74) is -0.830. The number of nitrogens with one attached hydrogen (secondary N) is 2. The lowest BCUT2D eigenvalue weighted by Crippen LogP contribution is -2.30. The predicted molar refractivity (Wildman–Crippen MR) is 131 cm³/mol. The number of amides is 3. The van der Waals surface area contributed by atoms with E-state index >= 15 is 4.39 Å². The second-order valence-electron chi connectivity index (χ2n) is 7.91. The topological polar surface area (TPSA) is 87.7 Å². The van der Waals surface area contributed by atoms with Gasteiger partial charge in [-0.1, -0.05) is 11.6 Å². The van der Waals surface area contributed by atoms with Crippen molar-refractivity contribution < 1.29 is 27.9 Å². The van der Waals surface area contributed by atoms with Crippen LogP contribution in [0.5, 0.6) is 0 Å². The monoisotopic (exact) mass is 547 g/mol. The molecule has 1 aliphatic carbocycles. The van der Waals surface area contributed by atoms with Crippen molar-refractivity contribution >= 4 is 69.6 Å². The minimum absolute atomic E-state index is 0.0388. The molecule has 0 spiro atoms. The number of anilines is 3. The first-order valence-electron chi connectivity index (χ1n) is 10.5. The van der Waals surface area contributed by atoms with Gasteiger partial charge in [0.25, 0.3) is 11.8 Å². The van der Waals surface area contributed by atoms with Crippen LogP contribution in [0.15, 0.2) is 30.3 Å². The van der Waals surface area contributed by atoms with Gasteiger partial charge in [0, 0.05) is 19.3 Å². The fraction of sp³-hybridized carbons (Fsp3) is 0.348. The molecule has 1 fully saturated rings. The van der Waals surface area contributed by atoms with Crippen molar-refractivity contribution in [1.82, 2.24) is 0 Å². The number of alkyl halides is 2. The molecule has 188 valence electrons. The molecule has 7 nitrogen and oxygen atoms in total. The number of hydrogen-bond acceptors (Lipinski definition) is 4. The molecule has 2 aromatic carbocycles. The van der Waals surface area contributed by atoms with E-state index < -0.39 is 51.4 Å². The molecule has 0 bridgehead atoms. The first kappa shape index (κ1) is 27.1.